The van der Waals surface area contributed by atoms with Gasteiger partial charge in [0.05, 0.1) is 28.3 Å². The van der Waals surface area contributed by atoms with Crippen LogP contribution < -0.4 is 5.32 Å². The topological polar surface area (TPSA) is 54.9 Å². The van der Waals surface area contributed by atoms with Crippen molar-refractivity contribution in [3.05, 3.63) is 52.6 Å². The number of aryl methyl sites for hydroxylation is 3. The van der Waals surface area contributed by atoms with Crippen molar-refractivity contribution < 1.29 is 4.79 Å². The molecule has 0 aliphatic carbocycles. The van der Waals surface area contributed by atoms with Crippen molar-refractivity contribution in [3.63, 3.8) is 0 Å². The van der Waals surface area contributed by atoms with Crippen LogP contribution in [0.5, 0.6) is 0 Å². The van der Waals surface area contributed by atoms with Gasteiger partial charge < -0.3 is 5.32 Å². The van der Waals surface area contributed by atoms with Gasteiger partial charge in [0.25, 0.3) is 5.91 Å². The van der Waals surface area contributed by atoms with Gasteiger partial charge in [-0.05, 0) is 32.9 Å². The zero-order chi connectivity index (χ0) is 14.3. The number of hydrogen-bond acceptors (Lipinski definition) is 3. The van der Waals surface area contributed by atoms with Crippen LogP contribution in [0.3, 0.4) is 0 Å². The second-order valence-corrected chi connectivity index (χ2v) is 4.92. The predicted molar refractivity (Wildman–Crippen MR) is 79.2 cm³/mol. The molecular weight excluding hydrogens is 250 g/mol. The van der Waals surface area contributed by atoms with E-state index >= 15 is 0 Å². The van der Waals surface area contributed by atoms with Crippen molar-refractivity contribution in [2.45, 2.75) is 20.8 Å². The van der Waals surface area contributed by atoms with E-state index in [1.54, 1.807) is 0 Å². The lowest BCUT2D eigenvalue weighted by atomic mass is 10.1. The number of nitrogens with one attached hydrogen (secondary N) is 1. The number of anilines is 1. The summed E-state index contributed by atoms with van der Waals surface area (Å²) in [5.41, 5.74) is 5.78. The van der Waals surface area contributed by atoms with Crippen molar-refractivity contribution in [1.82, 2.24) is 9.97 Å². The summed E-state index contributed by atoms with van der Waals surface area (Å²) in [7, 11) is 0. The fourth-order valence-electron chi connectivity index (χ4n) is 2.29. The zero-order valence-electron chi connectivity index (χ0n) is 11.7. The molecule has 100 valence electrons. The molecule has 0 unspecified atom stereocenters. The van der Waals surface area contributed by atoms with Crippen LogP contribution in [-0.4, -0.2) is 15.9 Å². The van der Waals surface area contributed by atoms with E-state index < -0.39 is 0 Å². The van der Waals surface area contributed by atoms with Crippen LogP contribution in [0.25, 0.3) is 11.6 Å². The molecule has 4 nitrogen and oxygen atoms in total. The van der Waals surface area contributed by atoms with Crippen LogP contribution in [0, 0.1) is 20.8 Å². The summed E-state index contributed by atoms with van der Waals surface area (Å²) in [6.07, 6.45) is 1.82. The number of amides is 1. The van der Waals surface area contributed by atoms with Gasteiger partial charge in [0.15, 0.2) is 0 Å². The zero-order valence-corrected chi connectivity index (χ0v) is 11.7. The standard InChI is InChI=1S/C16H15N3O/c1-9-10(2)18-15(11(3)17-9)8-13-12-6-4-5-7-14(12)19-16(13)20/h4-8H,1-3H3,(H,19,20). The minimum Gasteiger partial charge on any atom is -0.321 e. The highest BCUT2D eigenvalue weighted by molar-refractivity contribution is 6.34. The molecule has 1 aliphatic rings. The molecule has 1 amide bonds. The molecule has 1 aromatic carbocycles. The molecule has 0 radical (unpaired) electrons. The van der Waals surface area contributed by atoms with E-state index in [-0.39, 0.29) is 5.91 Å². The molecule has 0 saturated carbocycles. The lowest BCUT2D eigenvalue weighted by Gasteiger charge is -2.05. The largest absolute Gasteiger partial charge is 0.321 e. The lowest BCUT2D eigenvalue weighted by Crippen LogP contribution is -2.05. The molecule has 20 heavy (non-hydrogen) atoms. The molecule has 1 aromatic heterocycles. The summed E-state index contributed by atoms with van der Waals surface area (Å²) in [4.78, 5) is 21.1. The van der Waals surface area contributed by atoms with E-state index in [1.165, 1.54) is 0 Å². The number of carbonyl (C=O) groups excluding carboxylic acids is 1. The van der Waals surface area contributed by atoms with Gasteiger partial charge in [0.1, 0.15) is 0 Å². The first kappa shape index (κ1) is 12.5. The lowest BCUT2D eigenvalue weighted by molar-refractivity contribution is -0.110. The summed E-state index contributed by atoms with van der Waals surface area (Å²) in [6, 6.07) is 7.66. The normalized spacial score (nSPS) is 15.3. The first-order valence-electron chi connectivity index (χ1n) is 6.50. The Bertz CT molecular complexity index is 747. The monoisotopic (exact) mass is 265 g/mol. The first-order chi connectivity index (χ1) is 9.56. The molecule has 0 atom stereocenters. The fourth-order valence-corrected chi connectivity index (χ4v) is 2.29. The number of nitrogens with zero attached hydrogens (tertiary/aromatic N) is 2. The smallest absolute Gasteiger partial charge is 0.256 e. The molecule has 1 N–H and O–H groups in total. The van der Waals surface area contributed by atoms with Crippen LogP contribution in [0.1, 0.15) is 28.3 Å². The van der Waals surface area contributed by atoms with Gasteiger partial charge >= 0.3 is 0 Å². The highest BCUT2D eigenvalue weighted by atomic mass is 16.2. The van der Waals surface area contributed by atoms with E-state index in [9.17, 15) is 4.79 Å². The van der Waals surface area contributed by atoms with E-state index in [0.29, 0.717) is 5.57 Å². The van der Waals surface area contributed by atoms with Crippen LogP contribution in [0.4, 0.5) is 5.69 Å². The maximum atomic E-state index is 12.1. The third kappa shape index (κ3) is 1.99. The molecule has 0 bridgehead atoms. The van der Waals surface area contributed by atoms with Gasteiger partial charge in [-0.25, -0.2) is 4.98 Å². The Kier molecular flexibility index (Phi) is 2.86. The quantitative estimate of drug-likeness (QED) is 0.807. The molecule has 0 saturated heterocycles. The molecule has 0 spiro atoms. The Balaban J connectivity index is 2.14. The van der Waals surface area contributed by atoms with Gasteiger partial charge in [-0.15, -0.1) is 0 Å². The summed E-state index contributed by atoms with van der Waals surface area (Å²) in [5, 5.41) is 2.86. The Morgan fingerprint density at radius 3 is 2.50 bits per heavy atom. The summed E-state index contributed by atoms with van der Waals surface area (Å²) < 4.78 is 0. The predicted octanol–water partition coefficient (Wildman–Crippen LogP) is 2.89. The number of hydrogen-bond donors (Lipinski definition) is 1. The number of rotatable bonds is 1. The number of benzene rings is 1. The van der Waals surface area contributed by atoms with Crippen LogP contribution in [0.15, 0.2) is 24.3 Å². The van der Waals surface area contributed by atoms with Crippen molar-refractivity contribution >= 4 is 23.2 Å². The molecule has 2 aromatic rings. The summed E-state index contributed by atoms with van der Waals surface area (Å²) in [6.45, 7) is 5.76. The first-order valence-corrected chi connectivity index (χ1v) is 6.50. The Hall–Kier alpha value is -2.49. The maximum Gasteiger partial charge on any atom is 0.256 e. The SMILES string of the molecule is Cc1nc(C)c(C=C2C(=O)Nc3ccccc32)nc1C. The van der Waals surface area contributed by atoms with E-state index in [2.05, 4.69) is 15.3 Å². The molecule has 3 rings (SSSR count). The Morgan fingerprint density at radius 1 is 1.00 bits per heavy atom. The van der Waals surface area contributed by atoms with E-state index in [0.717, 1.165) is 34.0 Å². The Morgan fingerprint density at radius 2 is 1.70 bits per heavy atom. The highest BCUT2D eigenvalue weighted by Gasteiger charge is 2.23. The number of aromatic nitrogens is 2. The van der Waals surface area contributed by atoms with Crippen molar-refractivity contribution in [2.75, 3.05) is 5.32 Å². The average Bonchev–Trinajstić information content (AvgIpc) is 2.72. The second kappa shape index (κ2) is 4.56. The van der Waals surface area contributed by atoms with Crippen LogP contribution >= 0.6 is 0 Å². The second-order valence-electron chi connectivity index (χ2n) is 4.92. The van der Waals surface area contributed by atoms with Gasteiger partial charge in [0, 0.05) is 11.3 Å². The van der Waals surface area contributed by atoms with E-state index in [1.807, 2.05) is 51.1 Å². The summed E-state index contributed by atoms with van der Waals surface area (Å²) >= 11 is 0. The molecule has 4 heteroatoms. The van der Waals surface area contributed by atoms with Gasteiger partial charge in [-0.1, -0.05) is 18.2 Å². The molecule has 2 heterocycles. The van der Waals surface area contributed by atoms with Crippen molar-refractivity contribution in [1.29, 1.82) is 0 Å². The third-order valence-corrected chi connectivity index (χ3v) is 3.51. The Labute approximate surface area is 117 Å². The van der Waals surface area contributed by atoms with Gasteiger partial charge in [-0.2, -0.15) is 0 Å². The fraction of sp³-hybridized carbons (Fsp3) is 0.188. The summed E-state index contributed by atoms with van der Waals surface area (Å²) in [5.74, 6) is -0.0920. The minimum absolute atomic E-state index is 0.0920. The number of para-hydroxylation sites is 1. The van der Waals surface area contributed by atoms with Crippen molar-refractivity contribution in [3.8, 4) is 0 Å². The molecule has 1 aliphatic heterocycles. The van der Waals surface area contributed by atoms with Gasteiger partial charge in [0.2, 0.25) is 0 Å². The van der Waals surface area contributed by atoms with Crippen LogP contribution in [0.2, 0.25) is 0 Å². The van der Waals surface area contributed by atoms with Crippen molar-refractivity contribution in [2.24, 2.45) is 0 Å². The maximum absolute atomic E-state index is 12.1. The molecular formula is C16H15N3O. The minimum atomic E-state index is -0.0920. The number of carbonyl (C=O) groups is 1. The van der Waals surface area contributed by atoms with Crippen LogP contribution in [-0.2, 0) is 4.79 Å². The molecule has 0 fully saturated rings. The average molecular weight is 265 g/mol. The number of fused-ring (bicyclic) bond motifs is 1. The third-order valence-electron chi connectivity index (χ3n) is 3.51. The van der Waals surface area contributed by atoms with Gasteiger partial charge in [-0.3, -0.25) is 9.78 Å². The highest BCUT2D eigenvalue weighted by Crippen LogP contribution is 2.32. The van der Waals surface area contributed by atoms with E-state index in [4.69, 9.17) is 0 Å².